The quantitative estimate of drug-likeness (QED) is 0.615. The van der Waals surface area contributed by atoms with Gasteiger partial charge >= 0.3 is 0 Å². The Morgan fingerprint density at radius 3 is 2.83 bits per heavy atom. The molecule has 3 nitrogen and oxygen atoms in total. The highest BCUT2D eigenvalue weighted by atomic mass is 16.3. The molecule has 0 amide bonds. The molecular formula is C9H15N2O. The van der Waals surface area contributed by atoms with Gasteiger partial charge in [-0.3, -0.25) is 0 Å². The number of furan rings is 1. The lowest BCUT2D eigenvalue weighted by atomic mass is 10.4. The lowest BCUT2D eigenvalue weighted by molar-refractivity contribution is 0.481. The maximum atomic E-state index is 5.14. The highest BCUT2D eigenvalue weighted by Gasteiger charge is 1.92. The molecule has 67 valence electrons. The van der Waals surface area contributed by atoms with Crippen molar-refractivity contribution in [2.24, 2.45) is 0 Å². The summed E-state index contributed by atoms with van der Waals surface area (Å²) in [5, 5.41) is 6.36. The van der Waals surface area contributed by atoms with Crippen molar-refractivity contribution in [3.63, 3.8) is 0 Å². The van der Waals surface area contributed by atoms with Crippen LogP contribution < -0.4 is 10.6 Å². The van der Waals surface area contributed by atoms with E-state index >= 15 is 0 Å². The van der Waals surface area contributed by atoms with E-state index in [0.29, 0.717) is 0 Å². The molecule has 12 heavy (non-hydrogen) atoms. The molecule has 3 heteroatoms. The van der Waals surface area contributed by atoms with Crippen LogP contribution in [-0.4, -0.2) is 19.6 Å². The van der Waals surface area contributed by atoms with Gasteiger partial charge in [-0.1, -0.05) is 0 Å². The lowest BCUT2D eigenvalue weighted by Crippen LogP contribution is -2.26. The molecule has 0 aliphatic carbocycles. The zero-order valence-electron chi connectivity index (χ0n) is 7.18. The summed E-state index contributed by atoms with van der Waals surface area (Å²) < 4.78 is 5.14. The first kappa shape index (κ1) is 9.29. The van der Waals surface area contributed by atoms with E-state index in [1.807, 2.05) is 12.1 Å². The Morgan fingerprint density at radius 1 is 1.33 bits per heavy atom. The van der Waals surface area contributed by atoms with Crippen LogP contribution in [0.4, 0.5) is 0 Å². The van der Waals surface area contributed by atoms with E-state index in [1.165, 1.54) is 0 Å². The topological polar surface area (TPSA) is 37.2 Å². The van der Waals surface area contributed by atoms with Crippen LogP contribution in [0, 0.1) is 6.92 Å². The van der Waals surface area contributed by atoms with Crippen LogP contribution in [0.1, 0.15) is 5.76 Å². The largest absolute Gasteiger partial charge is 0.468 e. The summed E-state index contributed by atoms with van der Waals surface area (Å²) in [7, 11) is 0. The van der Waals surface area contributed by atoms with Gasteiger partial charge in [-0.15, -0.1) is 0 Å². The Kier molecular flexibility index (Phi) is 4.49. The number of hydrogen-bond acceptors (Lipinski definition) is 3. The molecule has 0 atom stereocenters. The predicted octanol–water partition coefficient (Wildman–Crippen LogP) is 0.793. The molecule has 1 radical (unpaired) electrons. The summed E-state index contributed by atoms with van der Waals surface area (Å²) in [4.78, 5) is 0. The molecule has 2 N–H and O–H groups in total. The summed E-state index contributed by atoms with van der Waals surface area (Å²) >= 11 is 0. The fraction of sp³-hybridized carbons (Fsp3) is 0.444. The van der Waals surface area contributed by atoms with Crippen molar-refractivity contribution in [3.8, 4) is 0 Å². The smallest absolute Gasteiger partial charge is 0.117 e. The molecule has 1 heterocycles. The van der Waals surface area contributed by atoms with Crippen LogP contribution in [0.5, 0.6) is 0 Å². The van der Waals surface area contributed by atoms with Gasteiger partial charge in [-0.05, 0) is 25.6 Å². The highest BCUT2D eigenvalue weighted by molar-refractivity contribution is 4.97. The summed E-state index contributed by atoms with van der Waals surface area (Å²) in [6, 6.07) is 3.85. The van der Waals surface area contributed by atoms with Gasteiger partial charge in [0.25, 0.3) is 0 Å². The standard InChI is InChI=1S/C9H15N2O/c1-2-10-5-6-11-8-9-4-3-7-12-9/h3-4,7,10-11H,1-2,5-6,8H2. The van der Waals surface area contributed by atoms with Crippen molar-refractivity contribution in [2.75, 3.05) is 19.6 Å². The van der Waals surface area contributed by atoms with Gasteiger partial charge in [-0.25, -0.2) is 0 Å². The Bertz CT molecular complexity index is 184. The maximum Gasteiger partial charge on any atom is 0.117 e. The molecule has 0 fully saturated rings. The van der Waals surface area contributed by atoms with E-state index < -0.39 is 0 Å². The first-order valence-corrected chi connectivity index (χ1v) is 4.16. The summed E-state index contributed by atoms with van der Waals surface area (Å²) in [5.74, 6) is 0.977. The van der Waals surface area contributed by atoms with Gasteiger partial charge in [0.2, 0.25) is 0 Å². The molecule has 0 saturated heterocycles. The van der Waals surface area contributed by atoms with Crippen molar-refractivity contribution in [1.29, 1.82) is 0 Å². The van der Waals surface area contributed by atoms with E-state index in [-0.39, 0.29) is 0 Å². The van der Waals surface area contributed by atoms with E-state index in [0.717, 1.165) is 31.9 Å². The minimum absolute atomic E-state index is 0.780. The molecule has 1 aromatic heterocycles. The number of nitrogens with one attached hydrogen (secondary N) is 2. The highest BCUT2D eigenvalue weighted by Crippen LogP contribution is 1.97. The first-order chi connectivity index (χ1) is 5.93. The van der Waals surface area contributed by atoms with Crippen molar-refractivity contribution in [3.05, 3.63) is 31.1 Å². The molecule has 0 aromatic carbocycles. The third-order valence-electron chi connectivity index (χ3n) is 1.53. The summed E-state index contributed by atoms with van der Waals surface area (Å²) in [6.07, 6.45) is 1.69. The van der Waals surface area contributed by atoms with E-state index in [9.17, 15) is 0 Å². The Morgan fingerprint density at radius 2 is 2.17 bits per heavy atom. The van der Waals surface area contributed by atoms with E-state index in [4.69, 9.17) is 4.42 Å². The van der Waals surface area contributed by atoms with Gasteiger partial charge < -0.3 is 15.1 Å². The Hall–Kier alpha value is -0.800. The van der Waals surface area contributed by atoms with Crippen molar-refractivity contribution in [1.82, 2.24) is 10.6 Å². The van der Waals surface area contributed by atoms with Crippen LogP contribution >= 0.6 is 0 Å². The van der Waals surface area contributed by atoms with Gasteiger partial charge in [0.05, 0.1) is 12.8 Å². The molecule has 1 aromatic rings. The normalized spacial score (nSPS) is 10.4. The average Bonchev–Trinajstić information content (AvgIpc) is 2.57. The van der Waals surface area contributed by atoms with Crippen LogP contribution in [0.2, 0.25) is 0 Å². The van der Waals surface area contributed by atoms with Crippen LogP contribution in [0.3, 0.4) is 0 Å². The molecule has 0 aliphatic rings. The van der Waals surface area contributed by atoms with Crippen molar-refractivity contribution < 1.29 is 4.42 Å². The van der Waals surface area contributed by atoms with Crippen LogP contribution in [0.25, 0.3) is 0 Å². The second kappa shape index (κ2) is 5.80. The van der Waals surface area contributed by atoms with Gasteiger partial charge in [-0.2, -0.15) is 0 Å². The van der Waals surface area contributed by atoms with Crippen molar-refractivity contribution >= 4 is 0 Å². The Labute approximate surface area is 73.2 Å². The van der Waals surface area contributed by atoms with Gasteiger partial charge in [0.1, 0.15) is 5.76 Å². The Balaban J connectivity index is 1.96. The second-order valence-electron chi connectivity index (χ2n) is 2.51. The third kappa shape index (κ3) is 3.55. The lowest BCUT2D eigenvalue weighted by Gasteiger charge is -2.02. The van der Waals surface area contributed by atoms with Gasteiger partial charge in [0, 0.05) is 13.1 Å². The second-order valence-corrected chi connectivity index (χ2v) is 2.51. The summed E-state index contributed by atoms with van der Waals surface area (Å²) in [5.41, 5.74) is 0. The fourth-order valence-corrected chi connectivity index (χ4v) is 0.927. The maximum absolute atomic E-state index is 5.14. The van der Waals surface area contributed by atoms with Crippen LogP contribution in [0.15, 0.2) is 22.8 Å². The van der Waals surface area contributed by atoms with E-state index in [2.05, 4.69) is 17.6 Å². The molecular weight excluding hydrogens is 152 g/mol. The summed E-state index contributed by atoms with van der Waals surface area (Å²) in [6.45, 7) is 7.14. The molecule has 0 aliphatic heterocycles. The van der Waals surface area contributed by atoms with Gasteiger partial charge in [0.15, 0.2) is 0 Å². The molecule has 0 unspecified atom stereocenters. The fourth-order valence-electron chi connectivity index (χ4n) is 0.927. The minimum atomic E-state index is 0.780. The number of rotatable bonds is 6. The predicted molar refractivity (Wildman–Crippen MR) is 48.6 cm³/mol. The van der Waals surface area contributed by atoms with E-state index in [1.54, 1.807) is 6.26 Å². The minimum Gasteiger partial charge on any atom is -0.468 e. The SMILES string of the molecule is [CH2]CNCCNCc1ccco1. The first-order valence-electron chi connectivity index (χ1n) is 4.16. The van der Waals surface area contributed by atoms with Crippen molar-refractivity contribution in [2.45, 2.75) is 6.54 Å². The number of hydrogen-bond donors (Lipinski definition) is 2. The zero-order valence-corrected chi connectivity index (χ0v) is 7.18. The molecule has 0 bridgehead atoms. The average molecular weight is 167 g/mol. The molecule has 0 saturated carbocycles. The molecule has 1 rings (SSSR count). The third-order valence-corrected chi connectivity index (χ3v) is 1.53. The zero-order chi connectivity index (χ0) is 8.65. The van der Waals surface area contributed by atoms with Crippen LogP contribution in [-0.2, 0) is 6.54 Å². The molecule has 0 spiro atoms. The monoisotopic (exact) mass is 167 g/mol.